The van der Waals surface area contributed by atoms with Crippen molar-refractivity contribution in [3.63, 3.8) is 0 Å². The lowest BCUT2D eigenvalue weighted by Crippen LogP contribution is -2.40. The quantitative estimate of drug-likeness (QED) is 0.791. The third-order valence-electron chi connectivity index (χ3n) is 5.84. The van der Waals surface area contributed by atoms with Crippen LogP contribution in [0.4, 0.5) is 0 Å². The first kappa shape index (κ1) is 12.6. The second-order valence-electron chi connectivity index (χ2n) is 7.43. The van der Waals surface area contributed by atoms with Crippen LogP contribution in [0.2, 0.25) is 0 Å². The predicted molar refractivity (Wildman–Crippen MR) is 78.3 cm³/mol. The molecule has 2 N–H and O–H groups in total. The zero-order valence-corrected chi connectivity index (χ0v) is 12.1. The van der Waals surface area contributed by atoms with E-state index in [1.54, 1.807) is 0 Å². The molecule has 0 radical (unpaired) electrons. The van der Waals surface area contributed by atoms with E-state index in [1.807, 2.05) is 0 Å². The van der Waals surface area contributed by atoms with Crippen molar-refractivity contribution in [3.05, 3.63) is 0 Å². The molecule has 3 atom stereocenters. The molecule has 4 rings (SSSR count). The minimum atomic E-state index is 0.791. The van der Waals surface area contributed by atoms with Crippen LogP contribution in [-0.4, -0.2) is 48.7 Å². The highest BCUT2D eigenvalue weighted by Gasteiger charge is 2.35. The molecule has 0 aromatic carbocycles. The summed E-state index contributed by atoms with van der Waals surface area (Å²) in [5, 5.41) is 7.58. The Morgan fingerprint density at radius 2 is 1.79 bits per heavy atom. The molecule has 3 heteroatoms. The van der Waals surface area contributed by atoms with Crippen molar-refractivity contribution < 1.29 is 0 Å². The van der Waals surface area contributed by atoms with E-state index in [9.17, 15) is 0 Å². The van der Waals surface area contributed by atoms with Crippen LogP contribution >= 0.6 is 0 Å². The summed E-state index contributed by atoms with van der Waals surface area (Å²) in [6.45, 7) is 3.93. The van der Waals surface area contributed by atoms with Crippen LogP contribution in [0.3, 0.4) is 0 Å². The van der Waals surface area contributed by atoms with Crippen LogP contribution in [0.15, 0.2) is 0 Å². The number of hydrogen-bond donors (Lipinski definition) is 2. The molecule has 4 fully saturated rings. The normalized spacial score (nSPS) is 42.9. The summed E-state index contributed by atoms with van der Waals surface area (Å²) in [5.41, 5.74) is 0. The number of nitrogens with zero attached hydrogens (tertiary/aromatic N) is 1. The van der Waals surface area contributed by atoms with E-state index >= 15 is 0 Å². The van der Waals surface area contributed by atoms with Gasteiger partial charge in [-0.15, -0.1) is 0 Å². The average molecular weight is 263 g/mol. The Hall–Kier alpha value is -0.120. The van der Waals surface area contributed by atoms with Gasteiger partial charge in [-0.2, -0.15) is 0 Å². The highest BCUT2D eigenvalue weighted by Crippen LogP contribution is 2.33. The number of likely N-dealkylation sites (tertiary alicyclic amines) is 1. The highest BCUT2D eigenvalue weighted by molar-refractivity contribution is 4.93. The van der Waals surface area contributed by atoms with Gasteiger partial charge in [0.2, 0.25) is 0 Å². The molecule has 4 aliphatic rings. The Bertz CT molecular complexity index is 303. The van der Waals surface area contributed by atoms with Crippen LogP contribution in [0.1, 0.15) is 51.4 Å². The van der Waals surface area contributed by atoms with Gasteiger partial charge in [0.1, 0.15) is 0 Å². The lowest BCUT2D eigenvalue weighted by atomic mass is 9.89. The number of fused-ring (bicyclic) bond motifs is 2. The Morgan fingerprint density at radius 3 is 2.53 bits per heavy atom. The number of rotatable bonds is 5. The van der Waals surface area contributed by atoms with E-state index in [4.69, 9.17) is 0 Å². The highest BCUT2D eigenvalue weighted by atomic mass is 15.2. The van der Waals surface area contributed by atoms with Crippen molar-refractivity contribution in [1.82, 2.24) is 15.5 Å². The molecule has 108 valence electrons. The van der Waals surface area contributed by atoms with Gasteiger partial charge in [-0.3, -0.25) is 4.90 Å². The number of nitrogens with one attached hydrogen (secondary N) is 2. The van der Waals surface area contributed by atoms with E-state index in [-0.39, 0.29) is 0 Å². The van der Waals surface area contributed by atoms with Crippen molar-refractivity contribution in [2.45, 2.75) is 75.5 Å². The van der Waals surface area contributed by atoms with Crippen LogP contribution in [0, 0.1) is 5.92 Å². The van der Waals surface area contributed by atoms with Crippen molar-refractivity contribution in [2.75, 3.05) is 19.6 Å². The second kappa shape index (κ2) is 5.34. The largest absolute Gasteiger partial charge is 0.313 e. The summed E-state index contributed by atoms with van der Waals surface area (Å²) in [6.07, 6.45) is 11.5. The second-order valence-corrected chi connectivity index (χ2v) is 7.43. The first-order valence-corrected chi connectivity index (χ1v) is 8.60. The topological polar surface area (TPSA) is 27.3 Å². The molecular weight excluding hydrogens is 234 g/mol. The van der Waals surface area contributed by atoms with E-state index < -0.39 is 0 Å². The Labute approximate surface area is 117 Å². The summed E-state index contributed by atoms with van der Waals surface area (Å²) in [5.74, 6) is 0.993. The Morgan fingerprint density at radius 1 is 1.00 bits per heavy atom. The van der Waals surface area contributed by atoms with Gasteiger partial charge in [0.25, 0.3) is 0 Å². The molecule has 3 heterocycles. The number of piperidine rings is 1. The fourth-order valence-electron chi connectivity index (χ4n) is 4.63. The molecular formula is C16H29N3. The molecule has 3 saturated heterocycles. The molecule has 3 nitrogen and oxygen atoms in total. The van der Waals surface area contributed by atoms with Crippen molar-refractivity contribution in [2.24, 2.45) is 5.92 Å². The van der Waals surface area contributed by atoms with Crippen LogP contribution < -0.4 is 10.6 Å². The Kier molecular flexibility index (Phi) is 3.55. The van der Waals surface area contributed by atoms with Gasteiger partial charge < -0.3 is 10.6 Å². The van der Waals surface area contributed by atoms with Gasteiger partial charge in [-0.25, -0.2) is 0 Å². The van der Waals surface area contributed by atoms with Gasteiger partial charge in [-0.1, -0.05) is 0 Å². The monoisotopic (exact) mass is 263 g/mol. The lowest BCUT2D eigenvalue weighted by molar-refractivity contribution is 0.277. The minimum Gasteiger partial charge on any atom is -0.313 e. The molecule has 1 saturated carbocycles. The summed E-state index contributed by atoms with van der Waals surface area (Å²) in [7, 11) is 0. The zero-order valence-electron chi connectivity index (χ0n) is 12.1. The van der Waals surface area contributed by atoms with Gasteiger partial charge in [-0.05, 0) is 63.8 Å². The SMILES string of the molecule is C(CC1CC2CCC(C1)N2)NC1CCN(C2CC2)C1. The van der Waals surface area contributed by atoms with Crippen molar-refractivity contribution >= 4 is 0 Å². The molecule has 1 aliphatic carbocycles. The molecule has 0 aromatic rings. The molecule has 3 unspecified atom stereocenters. The summed E-state index contributed by atoms with van der Waals surface area (Å²) >= 11 is 0. The molecule has 2 bridgehead atoms. The van der Waals surface area contributed by atoms with Crippen LogP contribution in [0.25, 0.3) is 0 Å². The van der Waals surface area contributed by atoms with E-state index in [0.717, 1.165) is 30.1 Å². The summed E-state index contributed by atoms with van der Waals surface area (Å²) < 4.78 is 0. The Balaban J connectivity index is 1.15. The summed E-state index contributed by atoms with van der Waals surface area (Å²) in [6, 6.07) is 3.48. The van der Waals surface area contributed by atoms with Gasteiger partial charge in [0.05, 0.1) is 0 Å². The molecule has 19 heavy (non-hydrogen) atoms. The molecule has 3 aliphatic heterocycles. The first-order valence-electron chi connectivity index (χ1n) is 8.60. The average Bonchev–Trinajstić information content (AvgIpc) is 3.07. The number of hydrogen-bond acceptors (Lipinski definition) is 3. The predicted octanol–water partition coefficient (Wildman–Crippen LogP) is 1.73. The first-order chi connectivity index (χ1) is 9.37. The zero-order chi connectivity index (χ0) is 12.7. The third-order valence-corrected chi connectivity index (χ3v) is 5.84. The van der Waals surface area contributed by atoms with Gasteiger partial charge in [0, 0.05) is 37.3 Å². The lowest BCUT2D eigenvalue weighted by Gasteiger charge is -2.29. The van der Waals surface area contributed by atoms with Crippen molar-refractivity contribution in [1.29, 1.82) is 0 Å². The fraction of sp³-hybridized carbons (Fsp3) is 1.00. The standard InChI is InChI=1S/C16H29N3/c1-2-14-10-12(9-13(1)18-14)5-7-17-15-6-8-19(11-15)16-3-4-16/h12-18H,1-11H2. The molecule has 0 aromatic heterocycles. The minimum absolute atomic E-state index is 0.791. The summed E-state index contributed by atoms with van der Waals surface area (Å²) in [4.78, 5) is 2.71. The molecule has 0 amide bonds. The van der Waals surface area contributed by atoms with E-state index in [0.29, 0.717) is 0 Å². The molecule has 0 spiro atoms. The van der Waals surface area contributed by atoms with Crippen LogP contribution in [-0.2, 0) is 0 Å². The maximum atomic E-state index is 3.83. The van der Waals surface area contributed by atoms with Gasteiger partial charge in [0.15, 0.2) is 0 Å². The van der Waals surface area contributed by atoms with E-state index in [1.165, 1.54) is 71.0 Å². The smallest absolute Gasteiger partial charge is 0.0207 e. The maximum absolute atomic E-state index is 3.83. The third kappa shape index (κ3) is 2.98. The van der Waals surface area contributed by atoms with E-state index in [2.05, 4.69) is 15.5 Å². The van der Waals surface area contributed by atoms with Crippen LogP contribution in [0.5, 0.6) is 0 Å². The van der Waals surface area contributed by atoms with Gasteiger partial charge >= 0.3 is 0 Å². The van der Waals surface area contributed by atoms with Crippen molar-refractivity contribution in [3.8, 4) is 0 Å². The fourth-order valence-corrected chi connectivity index (χ4v) is 4.63. The maximum Gasteiger partial charge on any atom is 0.0207 e.